The highest BCUT2D eigenvalue weighted by atomic mass is 16.5. The summed E-state index contributed by atoms with van der Waals surface area (Å²) in [7, 11) is 0. The van der Waals surface area contributed by atoms with E-state index in [1.54, 1.807) is 0 Å². The molecule has 1 aromatic rings. The molecule has 1 atom stereocenters. The van der Waals surface area contributed by atoms with E-state index in [9.17, 15) is 4.79 Å². The number of hydrogen-bond acceptors (Lipinski definition) is 3. The molecule has 0 aromatic heterocycles. The van der Waals surface area contributed by atoms with Gasteiger partial charge in [-0.25, -0.2) is 0 Å². The highest BCUT2D eigenvalue weighted by Gasteiger charge is 2.30. The first-order chi connectivity index (χ1) is 10.3. The van der Waals surface area contributed by atoms with Gasteiger partial charge in [0.25, 0.3) is 0 Å². The van der Waals surface area contributed by atoms with Crippen LogP contribution in [0.25, 0.3) is 0 Å². The van der Waals surface area contributed by atoms with Crippen molar-refractivity contribution >= 4 is 5.97 Å². The van der Waals surface area contributed by atoms with E-state index in [1.807, 2.05) is 25.1 Å². The summed E-state index contributed by atoms with van der Waals surface area (Å²) in [5, 5.41) is 3.44. The molecule has 0 unspecified atom stereocenters. The highest BCUT2D eigenvalue weighted by Crippen LogP contribution is 2.30. The van der Waals surface area contributed by atoms with E-state index in [0.717, 1.165) is 25.9 Å². The molecule has 0 amide bonds. The zero-order valence-electron chi connectivity index (χ0n) is 13.0. The van der Waals surface area contributed by atoms with Crippen molar-refractivity contribution in [3.8, 4) is 0 Å². The molecule has 1 aliphatic carbocycles. The van der Waals surface area contributed by atoms with E-state index in [2.05, 4.69) is 17.4 Å². The van der Waals surface area contributed by atoms with Crippen molar-refractivity contribution in [2.24, 2.45) is 11.8 Å². The molecule has 0 bridgehead atoms. The number of carbonyl (C=O) groups excluding carboxylic acids is 1. The third-order valence-electron chi connectivity index (χ3n) is 4.34. The Morgan fingerprint density at radius 1 is 1.24 bits per heavy atom. The van der Waals surface area contributed by atoms with Gasteiger partial charge < -0.3 is 10.1 Å². The average molecular weight is 289 g/mol. The maximum atomic E-state index is 12.2. The molecule has 1 fully saturated rings. The molecule has 116 valence electrons. The standard InChI is InChI=1S/C18H27NO2/c1-2-21-18(20)17(16-11-7-4-8-12-16)14-19-13-15-9-5-3-6-10-15/h3,5-6,9-10,16-17,19H,2,4,7-8,11-14H2,1H3/t17-/m1/s1. The minimum absolute atomic E-state index is 0.00830. The predicted molar refractivity (Wildman–Crippen MR) is 84.8 cm³/mol. The SMILES string of the molecule is CCOC(=O)[C@H](CNCc1ccccc1)C1CCCCC1. The molecule has 0 spiro atoms. The van der Waals surface area contributed by atoms with Crippen molar-refractivity contribution in [1.82, 2.24) is 5.32 Å². The van der Waals surface area contributed by atoms with E-state index in [1.165, 1.54) is 24.8 Å². The molecule has 0 aliphatic heterocycles. The van der Waals surface area contributed by atoms with Gasteiger partial charge in [-0.3, -0.25) is 4.79 Å². The van der Waals surface area contributed by atoms with Crippen LogP contribution in [0.1, 0.15) is 44.6 Å². The van der Waals surface area contributed by atoms with E-state index >= 15 is 0 Å². The first-order valence-corrected chi connectivity index (χ1v) is 8.22. The van der Waals surface area contributed by atoms with Gasteiger partial charge in [0.05, 0.1) is 12.5 Å². The molecule has 1 aromatic carbocycles. The summed E-state index contributed by atoms with van der Waals surface area (Å²) in [5.41, 5.74) is 1.25. The Labute approximate surface area is 128 Å². The van der Waals surface area contributed by atoms with Gasteiger partial charge in [0.2, 0.25) is 0 Å². The van der Waals surface area contributed by atoms with Gasteiger partial charge in [-0.2, -0.15) is 0 Å². The first-order valence-electron chi connectivity index (χ1n) is 8.22. The molecular formula is C18H27NO2. The van der Waals surface area contributed by atoms with Crippen LogP contribution in [0.3, 0.4) is 0 Å². The summed E-state index contributed by atoms with van der Waals surface area (Å²) >= 11 is 0. The Kier molecular flexibility index (Phi) is 6.74. The molecule has 0 heterocycles. The minimum atomic E-state index is -0.0232. The van der Waals surface area contributed by atoms with Crippen LogP contribution in [0.4, 0.5) is 0 Å². The van der Waals surface area contributed by atoms with Gasteiger partial charge in [0, 0.05) is 13.1 Å². The van der Waals surface area contributed by atoms with Crippen LogP contribution in [-0.2, 0) is 16.1 Å². The van der Waals surface area contributed by atoms with Gasteiger partial charge in [0.1, 0.15) is 0 Å². The lowest BCUT2D eigenvalue weighted by molar-refractivity contribution is -0.150. The fourth-order valence-corrected chi connectivity index (χ4v) is 3.20. The zero-order chi connectivity index (χ0) is 14.9. The van der Waals surface area contributed by atoms with E-state index in [4.69, 9.17) is 4.74 Å². The number of carbonyl (C=O) groups is 1. The molecule has 1 N–H and O–H groups in total. The van der Waals surface area contributed by atoms with Gasteiger partial charge in [-0.1, -0.05) is 49.6 Å². The fourth-order valence-electron chi connectivity index (χ4n) is 3.20. The molecule has 0 radical (unpaired) electrons. The minimum Gasteiger partial charge on any atom is -0.466 e. The van der Waals surface area contributed by atoms with Crippen LogP contribution < -0.4 is 5.32 Å². The third kappa shape index (κ3) is 5.16. The van der Waals surface area contributed by atoms with Gasteiger partial charge in [-0.15, -0.1) is 0 Å². The molecule has 1 saturated carbocycles. The van der Waals surface area contributed by atoms with Crippen LogP contribution in [0.5, 0.6) is 0 Å². The third-order valence-corrected chi connectivity index (χ3v) is 4.34. The van der Waals surface area contributed by atoms with Crippen molar-refractivity contribution in [3.05, 3.63) is 35.9 Å². The summed E-state index contributed by atoms with van der Waals surface area (Å²) < 4.78 is 5.28. The fraction of sp³-hybridized carbons (Fsp3) is 0.611. The Morgan fingerprint density at radius 2 is 1.95 bits per heavy atom. The van der Waals surface area contributed by atoms with Crippen molar-refractivity contribution in [1.29, 1.82) is 0 Å². The van der Waals surface area contributed by atoms with Crippen LogP contribution in [0.2, 0.25) is 0 Å². The Bertz CT molecular complexity index is 412. The first kappa shape index (κ1) is 16.0. The van der Waals surface area contributed by atoms with Gasteiger partial charge >= 0.3 is 5.97 Å². The summed E-state index contributed by atoms with van der Waals surface area (Å²) in [5.74, 6) is 0.472. The van der Waals surface area contributed by atoms with Crippen LogP contribution in [-0.4, -0.2) is 19.1 Å². The molecule has 3 nitrogen and oxygen atoms in total. The number of benzene rings is 1. The predicted octanol–water partition coefficient (Wildman–Crippen LogP) is 3.54. The second kappa shape index (κ2) is 8.83. The molecule has 0 saturated heterocycles. The number of esters is 1. The second-order valence-corrected chi connectivity index (χ2v) is 5.87. The molecular weight excluding hydrogens is 262 g/mol. The molecule has 2 rings (SSSR count). The van der Waals surface area contributed by atoms with Crippen LogP contribution in [0.15, 0.2) is 30.3 Å². The second-order valence-electron chi connectivity index (χ2n) is 5.87. The Hall–Kier alpha value is -1.35. The van der Waals surface area contributed by atoms with E-state index in [-0.39, 0.29) is 11.9 Å². The van der Waals surface area contributed by atoms with Crippen LogP contribution >= 0.6 is 0 Å². The molecule has 3 heteroatoms. The summed E-state index contributed by atoms with van der Waals surface area (Å²) in [6.45, 7) is 3.88. The Morgan fingerprint density at radius 3 is 2.62 bits per heavy atom. The number of ether oxygens (including phenoxy) is 1. The Balaban J connectivity index is 1.87. The number of nitrogens with one attached hydrogen (secondary N) is 1. The van der Waals surface area contributed by atoms with Crippen molar-refractivity contribution in [3.63, 3.8) is 0 Å². The number of hydrogen-bond donors (Lipinski definition) is 1. The smallest absolute Gasteiger partial charge is 0.310 e. The quantitative estimate of drug-likeness (QED) is 0.780. The lowest BCUT2D eigenvalue weighted by atomic mass is 9.80. The lowest BCUT2D eigenvalue weighted by Crippen LogP contribution is -2.36. The van der Waals surface area contributed by atoms with E-state index in [0.29, 0.717) is 12.5 Å². The summed E-state index contributed by atoms with van der Waals surface area (Å²) in [4.78, 5) is 12.2. The van der Waals surface area contributed by atoms with Crippen molar-refractivity contribution in [2.75, 3.05) is 13.2 Å². The number of rotatable bonds is 7. The summed E-state index contributed by atoms with van der Waals surface area (Å²) in [6, 6.07) is 10.3. The van der Waals surface area contributed by atoms with Crippen molar-refractivity contribution < 1.29 is 9.53 Å². The van der Waals surface area contributed by atoms with Gasteiger partial charge in [-0.05, 0) is 31.2 Å². The maximum Gasteiger partial charge on any atom is 0.310 e. The lowest BCUT2D eigenvalue weighted by Gasteiger charge is -2.29. The molecule has 21 heavy (non-hydrogen) atoms. The van der Waals surface area contributed by atoms with Crippen LogP contribution in [0, 0.1) is 11.8 Å². The van der Waals surface area contributed by atoms with Crippen molar-refractivity contribution in [2.45, 2.75) is 45.6 Å². The maximum absolute atomic E-state index is 12.2. The van der Waals surface area contributed by atoms with E-state index < -0.39 is 0 Å². The van der Waals surface area contributed by atoms with Gasteiger partial charge in [0.15, 0.2) is 0 Å². The summed E-state index contributed by atoms with van der Waals surface area (Å²) in [6.07, 6.45) is 6.13. The molecule has 1 aliphatic rings. The monoisotopic (exact) mass is 289 g/mol. The average Bonchev–Trinajstić information content (AvgIpc) is 2.53. The topological polar surface area (TPSA) is 38.3 Å². The zero-order valence-corrected chi connectivity index (χ0v) is 13.0. The largest absolute Gasteiger partial charge is 0.466 e. The highest BCUT2D eigenvalue weighted by molar-refractivity contribution is 5.73. The normalized spacial score (nSPS) is 17.4.